The van der Waals surface area contributed by atoms with Gasteiger partial charge in [0.15, 0.2) is 18.1 Å². The van der Waals surface area contributed by atoms with Gasteiger partial charge in [0.1, 0.15) is 6.04 Å². The van der Waals surface area contributed by atoms with Crippen LogP contribution in [-0.4, -0.2) is 40.3 Å². The van der Waals surface area contributed by atoms with Gasteiger partial charge >= 0.3 is 17.1 Å². The fourth-order valence-electron chi connectivity index (χ4n) is 2.98. The Morgan fingerprint density at radius 1 is 1.19 bits per heavy atom. The molecule has 174 valence electrons. The van der Waals surface area contributed by atoms with Crippen LogP contribution >= 0.6 is 24.4 Å². The molecule has 2 rings (SSSR count). The topological polar surface area (TPSA) is 125 Å². The van der Waals surface area contributed by atoms with E-state index < -0.39 is 33.8 Å². The Labute approximate surface area is 190 Å². The van der Waals surface area contributed by atoms with E-state index in [4.69, 9.17) is 18.3 Å². The first kappa shape index (κ1) is 25.4. The van der Waals surface area contributed by atoms with E-state index >= 15 is 0 Å². The van der Waals surface area contributed by atoms with Crippen LogP contribution in [0.15, 0.2) is 13.6 Å². The average molecular weight is 476 g/mol. The molecule has 0 aromatic carbocycles. The fraction of sp³-hybridized carbons (Fsp3) is 0.700. The molecule has 1 fully saturated rings. The number of aryl methyl sites for hydroxylation is 1. The monoisotopic (exact) mass is 475 g/mol. The number of ether oxygens (including phenoxy) is 2. The quantitative estimate of drug-likeness (QED) is 0.409. The second kappa shape index (κ2) is 11.7. The smallest absolute Gasteiger partial charge is 0.464 e. The molecule has 9 nitrogen and oxygen atoms in total. The Morgan fingerprint density at radius 3 is 2.45 bits per heavy atom. The van der Waals surface area contributed by atoms with Gasteiger partial charge in [0.25, 0.3) is 0 Å². The van der Waals surface area contributed by atoms with E-state index in [2.05, 4.69) is 17.9 Å². The molecule has 1 atom stereocenters. The van der Waals surface area contributed by atoms with Crippen LogP contribution in [-0.2, 0) is 25.7 Å². The first-order chi connectivity index (χ1) is 14.6. The predicted molar refractivity (Wildman–Crippen MR) is 117 cm³/mol. The van der Waals surface area contributed by atoms with Crippen LogP contribution in [0.5, 0.6) is 0 Å². The van der Waals surface area contributed by atoms with E-state index in [9.17, 15) is 19.2 Å². The summed E-state index contributed by atoms with van der Waals surface area (Å²) < 4.78 is 18.9. The highest BCUT2D eigenvalue weighted by Crippen LogP contribution is 2.24. The number of nitrogens with one attached hydrogen (secondary N) is 1. The Bertz CT molecular complexity index is 820. The van der Waals surface area contributed by atoms with Crippen LogP contribution < -0.4 is 11.1 Å². The van der Waals surface area contributed by atoms with Gasteiger partial charge in [0.05, 0.1) is 11.4 Å². The number of carbonyl (C=O) groups excluding carboxylic acids is 3. The van der Waals surface area contributed by atoms with Crippen LogP contribution in [0.2, 0.25) is 0 Å². The van der Waals surface area contributed by atoms with Gasteiger partial charge in [-0.1, -0.05) is 19.3 Å². The van der Waals surface area contributed by atoms with Crippen molar-refractivity contribution in [2.75, 3.05) is 12.4 Å². The molecular weight excluding hydrogens is 446 g/mol. The lowest BCUT2D eigenvalue weighted by atomic mass is 9.90. The number of thioether (sulfide) groups is 1. The molecule has 0 unspecified atom stereocenters. The minimum atomic E-state index is -1.03. The lowest BCUT2D eigenvalue weighted by Gasteiger charge is -2.25. The summed E-state index contributed by atoms with van der Waals surface area (Å²) >= 11 is 4.92. The van der Waals surface area contributed by atoms with Gasteiger partial charge in [-0.15, -0.1) is 0 Å². The molecule has 11 heteroatoms. The molecule has 0 bridgehead atoms. The number of carbonyl (C=O) groups is 3. The highest BCUT2D eigenvalue weighted by molar-refractivity contribution is 8.13. The maximum absolute atomic E-state index is 12.6. The molecule has 1 aliphatic rings. The second-order valence-electron chi connectivity index (χ2n) is 8.00. The molecular formula is C20H29NO8S2. The van der Waals surface area contributed by atoms with Crippen molar-refractivity contribution in [2.24, 2.45) is 5.92 Å². The van der Waals surface area contributed by atoms with Gasteiger partial charge in [-0.2, -0.15) is 12.6 Å². The molecule has 1 aromatic rings. The zero-order chi connectivity index (χ0) is 23.0. The lowest BCUT2D eigenvalue weighted by Crippen LogP contribution is -2.49. The number of rotatable bonds is 9. The fourth-order valence-corrected chi connectivity index (χ4v) is 3.71. The molecule has 1 N–H and O–H groups in total. The van der Waals surface area contributed by atoms with Crippen molar-refractivity contribution in [3.63, 3.8) is 0 Å². The van der Waals surface area contributed by atoms with Gasteiger partial charge in [0.2, 0.25) is 5.91 Å². The minimum absolute atomic E-state index is 0.0771. The predicted octanol–water partition coefficient (Wildman–Crippen LogP) is 3.23. The SMILES string of the molecule is Cc1oc(=O)oc1COC(=O)SC[C@H](NC(=O)C(C)(C)S)C(=O)OCC1CCCCC1. The van der Waals surface area contributed by atoms with E-state index in [1.165, 1.54) is 13.3 Å². The maximum atomic E-state index is 12.6. The Hall–Kier alpha value is -1.88. The molecule has 0 aliphatic heterocycles. The average Bonchev–Trinajstić information content (AvgIpc) is 3.04. The number of esters is 1. The molecule has 0 saturated heterocycles. The van der Waals surface area contributed by atoms with Crippen molar-refractivity contribution in [3.8, 4) is 0 Å². The highest BCUT2D eigenvalue weighted by Gasteiger charge is 2.30. The molecule has 31 heavy (non-hydrogen) atoms. The third-order valence-corrected chi connectivity index (χ3v) is 5.91. The molecule has 1 aromatic heterocycles. The van der Waals surface area contributed by atoms with Crippen molar-refractivity contribution in [1.29, 1.82) is 0 Å². The molecule has 1 aliphatic carbocycles. The Kier molecular flexibility index (Phi) is 9.54. The summed E-state index contributed by atoms with van der Waals surface area (Å²) in [6.45, 7) is 4.71. The van der Waals surface area contributed by atoms with Crippen LogP contribution in [0.4, 0.5) is 4.79 Å². The summed E-state index contributed by atoms with van der Waals surface area (Å²) in [6, 6.07) is -1.03. The first-order valence-corrected chi connectivity index (χ1v) is 11.6. The highest BCUT2D eigenvalue weighted by atomic mass is 32.2. The number of amides is 1. The van der Waals surface area contributed by atoms with E-state index in [0.717, 1.165) is 25.7 Å². The van der Waals surface area contributed by atoms with Crippen LogP contribution in [0, 0.1) is 12.8 Å². The van der Waals surface area contributed by atoms with Gasteiger partial charge in [-0.05, 0) is 51.3 Å². The summed E-state index contributed by atoms with van der Waals surface area (Å²) in [4.78, 5) is 48.0. The Balaban J connectivity index is 1.89. The van der Waals surface area contributed by atoms with Crippen molar-refractivity contribution in [3.05, 3.63) is 22.1 Å². The second-order valence-corrected chi connectivity index (χ2v) is 10.1. The van der Waals surface area contributed by atoms with Crippen LogP contribution in [0.1, 0.15) is 57.5 Å². The third kappa shape index (κ3) is 8.64. The minimum Gasteiger partial charge on any atom is -0.464 e. The number of hydrogen-bond acceptors (Lipinski definition) is 10. The third-order valence-electron chi connectivity index (χ3n) is 4.86. The van der Waals surface area contributed by atoms with E-state index in [1.54, 1.807) is 13.8 Å². The largest absolute Gasteiger partial charge is 0.519 e. The summed E-state index contributed by atoms with van der Waals surface area (Å²) in [7, 11) is 0. The Morgan fingerprint density at radius 2 is 1.87 bits per heavy atom. The van der Waals surface area contributed by atoms with Gasteiger partial charge in [-0.25, -0.2) is 14.4 Å². The normalized spacial score (nSPS) is 15.9. The van der Waals surface area contributed by atoms with E-state index in [-0.39, 0.29) is 23.9 Å². The molecule has 1 amide bonds. The number of thiol groups is 1. The zero-order valence-electron chi connectivity index (χ0n) is 17.9. The molecule has 1 saturated carbocycles. The van der Waals surface area contributed by atoms with Crippen LogP contribution in [0.25, 0.3) is 0 Å². The van der Waals surface area contributed by atoms with Crippen LogP contribution in [0.3, 0.4) is 0 Å². The summed E-state index contributed by atoms with van der Waals surface area (Å²) in [5, 5.41) is 1.89. The van der Waals surface area contributed by atoms with E-state index in [1.807, 2.05) is 0 Å². The number of hydrogen-bond donors (Lipinski definition) is 2. The summed E-state index contributed by atoms with van der Waals surface area (Å²) in [6.07, 6.45) is 5.46. The lowest BCUT2D eigenvalue weighted by molar-refractivity contribution is -0.148. The molecule has 1 heterocycles. The van der Waals surface area contributed by atoms with Crippen molar-refractivity contribution in [2.45, 2.75) is 70.3 Å². The first-order valence-electron chi connectivity index (χ1n) is 10.1. The van der Waals surface area contributed by atoms with Gasteiger partial charge in [0, 0.05) is 5.75 Å². The molecule has 0 radical (unpaired) electrons. The zero-order valence-corrected chi connectivity index (χ0v) is 19.6. The maximum Gasteiger partial charge on any atom is 0.519 e. The van der Waals surface area contributed by atoms with Crippen molar-refractivity contribution >= 4 is 41.6 Å². The van der Waals surface area contributed by atoms with Gasteiger partial charge in [-0.3, -0.25) is 4.79 Å². The molecule has 0 spiro atoms. The summed E-state index contributed by atoms with van der Waals surface area (Å²) in [5.74, 6) is -1.38. The van der Waals surface area contributed by atoms with Crippen molar-refractivity contribution < 1.29 is 32.7 Å². The van der Waals surface area contributed by atoms with E-state index in [0.29, 0.717) is 24.3 Å². The standard InChI is InChI=1S/C20H29NO8S2/c1-12-15(29-18(24)28-12)10-27-19(25)31-11-14(21-17(23)20(2,3)30)16(22)26-9-13-7-5-4-6-8-13/h13-14,30H,4-11H2,1-3H3,(H,21,23)/t14-/m0/s1. The summed E-state index contributed by atoms with van der Waals surface area (Å²) in [5.41, 5.74) is 0. The van der Waals surface area contributed by atoms with Gasteiger partial charge < -0.3 is 23.6 Å². The van der Waals surface area contributed by atoms with Crippen molar-refractivity contribution in [1.82, 2.24) is 5.32 Å².